The van der Waals surface area contributed by atoms with Gasteiger partial charge < -0.3 is 9.32 Å². The summed E-state index contributed by atoms with van der Waals surface area (Å²) in [5, 5.41) is 1.08. The van der Waals surface area contributed by atoms with Gasteiger partial charge in [0.05, 0.1) is 11.8 Å². The maximum Gasteiger partial charge on any atom is 0.231 e. The number of thiophene rings is 1. The van der Waals surface area contributed by atoms with Crippen molar-refractivity contribution < 1.29 is 9.21 Å². The average molecular weight is 463 g/mol. The minimum atomic E-state index is -0.0290. The second kappa shape index (κ2) is 7.33. The molecule has 25 heavy (non-hydrogen) atoms. The second-order valence-electron chi connectivity index (χ2n) is 6.19. The number of piperidine rings is 1. The van der Waals surface area contributed by atoms with Crippen LogP contribution >= 0.6 is 33.9 Å². The molecule has 1 aliphatic heterocycles. The van der Waals surface area contributed by atoms with E-state index in [9.17, 15) is 4.79 Å². The minimum absolute atomic E-state index is 0.0290. The number of carbonyl (C=O) groups is 1. The third kappa shape index (κ3) is 3.53. The Hall–Kier alpha value is -1.60. The Kier molecular flexibility index (Phi) is 4.94. The summed E-state index contributed by atoms with van der Waals surface area (Å²) < 4.78 is 6.56. The summed E-state index contributed by atoms with van der Waals surface area (Å²) in [7, 11) is 0. The lowest BCUT2D eigenvalue weighted by atomic mass is 10.1. The number of carbonyl (C=O) groups excluding carboxylic acids is 1. The summed E-state index contributed by atoms with van der Waals surface area (Å²) in [6.07, 6.45) is 5.20. The summed E-state index contributed by atoms with van der Waals surface area (Å²) >= 11 is 4.04. The van der Waals surface area contributed by atoms with Crippen molar-refractivity contribution in [3.63, 3.8) is 0 Å². The van der Waals surface area contributed by atoms with Crippen LogP contribution in [0, 0.1) is 3.57 Å². The van der Waals surface area contributed by atoms with Crippen LogP contribution in [-0.4, -0.2) is 18.9 Å². The molecule has 0 spiro atoms. The van der Waals surface area contributed by atoms with Crippen molar-refractivity contribution in [2.75, 3.05) is 18.0 Å². The predicted molar refractivity (Wildman–Crippen MR) is 111 cm³/mol. The van der Waals surface area contributed by atoms with Crippen LogP contribution in [0.1, 0.15) is 35.4 Å². The van der Waals surface area contributed by atoms with Crippen LogP contribution in [-0.2, 0) is 0 Å². The van der Waals surface area contributed by atoms with E-state index in [1.165, 1.54) is 22.8 Å². The fourth-order valence-corrected chi connectivity index (χ4v) is 4.95. The molecule has 2 aromatic heterocycles. The Balaban J connectivity index is 1.78. The zero-order valence-electron chi connectivity index (χ0n) is 13.7. The molecule has 0 N–H and O–H groups in total. The number of rotatable bonds is 4. The van der Waals surface area contributed by atoms with Crippen molar-refractivity contribution in [3.05, 3.63) is 63.6 Å². The van der Waals surface area contributed by atoms with Gasteiger partial charge in [-0.1, -0.05) is 12.1 Å². The molecular formula is C20H18INO2S. The molecule has 0 radical (unpaired) electrons. The standard InChI is InChI=1S/C20H18INO2S/c21-15-7-4-6-14(12-15)18-13-16(19(23)17-8-5-11-24-17)20(25-18)22-9-2-1-3-10-22/h4-8,11-13H,1-3,9-10H2. The van der Waals surface area contributed by atoms with E-state index < -0.39 is 0 Å². The maximum atomic E-state index is 13.0. The molecule has 0 bridgehead atoms. The quantitative estimate of drug-likeness (QED) is 0.361. The summed E-state index contributed by atoms with van der Waals surface area (Å²) in [4.78, 5) is 16.5. The molecule has 1 fully saturated rings. The molecular weight excluding hydrogens is 445 g/mol. The molecule has 0 unspecified atom stereocenters. The van der Waals surface area contributed by atoms with Gasteiger partial charge in [-0.25, -0.2) is 0 Å². The zero-order chi connectivity index (χ0) is 17.2. The summed E-state index contributed by atoms with van der Waals surface area (Å²) in [6, 6.07) is 13.9. The van der Waals surface area contributed by atoms with Gasteiger partial charge in [0.25, 0.3) is 0 Å². The average Bonchev–Trinajstić information content (AvgIpc) is 3.32. The van der Waals surface area contributed by atoms with Crippen LogP contribution in [0.25, 0.3) is 10.4 Å². The Bertz CT molecular complexity index is 879. The monoisotopic (exact) mass is 463 g/mol. The molecule has 128 valence electrons. The van der Waals surface area contributed by atoms with Crippen molar-refractivity contribution in [3.8, 4) is 10.4 Å². The van der Waals surface area contributed by atoms with Crippen LogP contribution in [0.2, 0.25) is 0 Å². The molecule has 3 heterocycles. The smallest absolute Gasteiger partial charge is 0.231 e. The van der Waals surface area contributed by atoms with E-state index in [-0.39, 0.29) is 5.78 Å². The Morgan fingerprint density at radius 2 is 1.92 bits per heavy atom. The van der Waals surface area contributed by atoms with E-state index in [0.29, 0.717) is 5.76 Å². The summed E-state index contributed by atoms with van der Waals surface area (Å²) in [5.41, 5.74) is 1.92. The number of furan rings is 1. The zero-order valence-corrected chi connectivity index (χ0v) is 16.7. The molecule has 1 aromatic carbocycles. The molecule has 3 aromatic rings. The van der Waals surface area contributed by atoms with Crippen LogP contribution in [0.4, 0.5) is 5.00 Å². The first-order valence-electron chi connectivity index (χ1n) is 8.45. The fraction of sp³-hybridized carbons (Fsp3) is 0.250. The highest BCUT2D eigenvalue weighted by atomic mass is 127. The van der Waals surface area contributed by atoms with Crippen molar-refractivity contribution >= 4 is 44.7 Å². The van der Waals surface area contributed by atoms with Gasteiger partial charge in [0.2, 0.25) is 5.78 Å². The molecule has 0 aliphatic carbocycles. The Morgan fingerprint density at radius 1 is 1.08 bits per heavy atom. The van der Waals surface area contributed by atoms with Crippen LogP contribution < -0.4 is 4.90 Å². The van der Waals surface area contributed by atoms with E-state index >= 15 is 0 Å². The van der Waals surface area contributed by atoms with Gasteiger partial charge >= 0.3 is 0 Å². The number of halogens is 1. The highest BCUT2D eigenvalue weighted by Gasteiger charge is 2.24. The molecule has 0 amide bonds. The van der Waals surface area contributed by atoms with E-state index in [1.54, 1.807) is 29.7 Å². The number of anilines is 1. The second-order valence-corrected chi connectivity index (χ2v) is 8.47. The van der Waals surface area contributed by atoms with Gasteiger partial charge in [-0.15, -0.1) is 11.3 Å². The maximum absolute atomic E-state index is 13.0. The van der Waals surface area contributed by atoms with E-state index in [2.05, 4.69) is 51.8 Å². The summed E-state index contributed by atoms with van der Waals surface area (Å²) in [5.74, 6) is 0.379. The predicted octanol–water partition coefficient (Wildman–Crippen LogP) is 5.83. The molecule has 1 aliphatic rings. The normalized spacial score (nSPS) is 14.7. The van der Waals surface area contributed by atoms with Crippen molar-refractivity contribution in [1.82, 2.24) is 0 Å². The third-order valence-electron chi connectivity index (χ3n) is 4.45. The number of benzene rings is 1. The molecule has 3 nitrogen and oxygen atoms in total. The summed E-state index contributed by atoms with van der Waals surface area (Å²) in [6.45, 7) is 2.04. The molecule has 0 saturated carbocycles. The van der Waals surface area contributed by atoms with Gasteiger partial charge in [0.15, 0.2) is 5.76 Å². The van der Waals surface area contributed by atoms with Gasteiger partial charge in [-0.2, -0.15) is 0 Å². The van der Waals surface area contributed by atoms with Gasteiger partial charge in [0.1, 0.15) is 5.00 Å². The van der Waals surface area contributed by atoms with E-state index in [4.69, 9.17) is 4.42 Å². The highest BCUT2D eigenvalue weighted by molar-refractivity contribution is 14.1. The number of hydrogen-bond acceptors (Lipinski definition) is 4. The van der Waals surface area contributed by atoms with Crippen molar-refractivity contribution in [1.29, 1.82) is 0 Å². The molecule has 5 heteroatoms. The van der Waals surface area contributed by atoms with Gasteiger partial charge in [0, 0.05) is 21.5 Å². The lowest BCUT2D eigenvalue weighted by Crippen LogP contribution is -2.29. The van der Waals surface area contributed by atoms with Crippen molar-refractivity contribution in [2.45, 2.75) is 19.3 Å². The molecule has 0 atom stereocenters. The van der Waals surface area contributed by atoms with E-state index in [1.807, 2.05) is 6.07 Å². The SMILES string of the molecule is O=C(c1ccco1)c1cc(-c2cccc(I)c2)sc1N1CCCCC1. The number of nitrogens with zero attached hydrogens (tertiary/aromatic N) is 1. The first-order chi connectivity index (χ1) is 12.2. The highest BCUT2D eigenvalue weighted by Crippen LogP contribution is 2.40. The fourth-order valence-electron chi connectivity index (χ4n) is 3.20. The molecule has 1 saturated heterocycles. The van der Waals surface area contributed by atoms with Crippen molar-refractivity contribution in [2.24, 2.45) is 0 Å². The van der Waals surface area contributed by atoms with Crippen LogP contribution in [0.15, 0.2) is 53.1 Å². The van der Waals surface area contributed by atoms with Crippen LogP contribution in [0.5, 0.6) is 0 Å². The number of hydrogen-bond donors (Lipinski definition) is 0. The Labute approximate surface area is 164 Å². The lowest BCUT2D eigenvalue weighted by molar-refractivity contribution is 0.101. The van der Waals surface area contributed by atoms with E-state index in [0.717, 1.165) is 34.1 Å². The third-order valence-corrected chi connectivity index (χ3v) is 6.37. The topological polar surface area (TPSA) is 33.5 Å². The first kappa shape index (κ1) is 16.8. The minimum Gasteiger partial charge on any atom is -0.461 e. The Morgan fingerprint density at radius 3 is 2.64 bits per heavy atom. The van der Waals surface area contributed by atoms with Gasteiger partial charge in [-0.3, -0.25) is 4.79 Å². The van der Waals surface area contributed by atoms with Gasteiger partial charge in [-0.05, 0) is 77.7 Å². The number of ketones is 1. The largest absolute Gasteiger partial charge is 0.461 e. The molecule has 4 rings (SSSR count). The lowest BCUT2D eigenvalue weighted by Gasteiger charge is -2.28. The first-order valence-corrected chi connectivity index (χ1v) is 10.3. The van der Waals surface area contributed by atoms with Crippen LogP contribution in [0.3, 0.4) is 0 Å².